The molecule has 0 bridgehead atoms. The van der Waals surface area contributed by atoms with Crippen LogP contribution in [0.3, 0.4) is 0 Å². The number of aromatic nitrogens is 2. The van der Waals surface area contributed by atoms with Crippen molar-refractivity contribution < 1.29 is 4.39 Å². The topological polar surface area (TPSA) is 41.1 Å². The molecule has 0 atom stereocenters. The van der Waals surface area contributed by atoms with Crippen molar-refractivity contribution in [3.63, 3.8) is 0 Å². The minimum Gasteiger partial charge on any atom is -0.383 e. The molecule has 0 spiro atoms. The zero-order valence-electron chi connectivity index (χ0n) is 14.5. The molecule has 0 saturated heterocycles. The molecule has 1 N–H and O–H groups in total. The standard InChI is InChI=1S/C19H18ClFN4S/c1-25(2)9-11-4-3-5-13-16-18(22-10-23-19(16)26-17(11)13)24-12-6-7-15(21)14(20)8-12/h6-10H,3-5H2,1-2H3,(H,22,23,24). The Morgan fingerprint density at radius 2 is 2.12 bits per heavy atom. The first-order valence-corrected chi connectivity index (χ1v) is 9.58. The van der Waals surface area contributed by atoms with Crippen molar-refractivity contribution in [3.05, 3.63) is 52.0 Å². The number of hydrogen-bond acceptors (Lipinski definition) is 5. The van der Waals surface area contributed by atoms with Crippen LogP contribution in [-0.4, -0.2) is 29.0 Å². The lowest BCUT2D eigenvalue weighted by Gasteiger charge is -2.18. The minimum absolute atomic E-state index is 0.0869. The Labute approximate surface area is 160 Å². The number of benzene rings is 1. The largest absolute Gasteiger partial charge is 0.383 e. The summed E-state index contributed by atoms with van der Waals surface area (Å²) in [5, 5.41) is 4.42. The fourth-order valence-electron chi connectivity index (χ4n) is 3.30. The van der Waals surface area contributed by atoms with Gasteiger partial charge in [0.15, 0.2) is 0 Å². The maximum absolute atomic E-state index is 13.4. The maximum atomic E-state index is 13.4. The maximum Gasteiger partial charge on any atom is 0.142 e. The highest BCUT2D eigenvalue weighted by Crippen LogP contribution is 2.43. The Morgan fingerprint density at radius 3 is 2.88 bits per heavy atom. The molecule has 1 aromatic carbocycles. The summed E-state index contributed by atoms with van der Waals surface area (Å²) in [5.41, 5.74) is 3.34. The van der Waals surface area contributed by atoms with E-state index in [-0.39, 0.29) is 5.02 Å². The third kappa shape index (κ3) is 3.15. The van der Waals surface area contributed by atoms with Crippen LogP contribution in [0.5, 0.6) is 0 Å². The Kier molecular flexibility index (Phi) is 4.54. The second-order valence-corrected chi connectivity index (χ2v) is 7.94. The zero-order chi connectivity index (χ0) is 18.3. The molecule has 2 aromatic heterocycles. The van der Waals surface area contributed by atoms with Crippen LogP contribution < -0.4 is 5.32 Å². The van der Waals surface area contributed by atoms with E-state index in [1.807, 2.05) is 14.1 Å². The van der Waals surface area contributed by atoms with Crippen LogP contribution in [0.4, 0.5) is 15.9 Å². The third-order valence-electron chi connectivity index (χ3n) is 4.35. The first-order valence-electron chi connectivity index (χ1n) is 8.39. The molecule has 0 radical (unpaired) electrons. The summed E-state index contributed by atoms with van der Waals surface area (Å²) in [5.74, 6) is 0.303. The van der Waals surface area contributed by atoms with Crippen molar-refractivity contribution >= 4 is 50.2 Å². The van der Waals surface area contributed by atoms with E-state index in [1.165, 1.54) is 22.1 Å². The van der Waals surface area contributed by atoms with Crippen LogP contribution in [0.1, 0.15) is 23.3 Å². The average molecular weight is 389 g/mol. The van der Waals surface area contributed by atoms with Crippen molar-refractivity contribution in [2.24, 2.45) is 0 Å². The molecule has 26 heavy (non-hydrogen) atoms. The highest BCUT2D eigenvalue weighted by atomic mass is 35.5. The number of nitrogens with one attached hydrogen (secondary N) is 1. The average Bonchev–Trinajstić information content (AvgIpc) is 2.98. The summed E-state index contributed by atoms with van der Waals surface area (Å²) in [6.07, 6.45) is 6.93. The lowest BCUT2D eigenvalue weighted by atomic mass is 9.93. The molecule has 134 valence electrons. The molecule has 4 rings (SSSR count). The van der Waals surface area contributed by atoms with E-state index in [4.69, 9.17) is 11.6 Å². The van der Waals surface area contributed by atoms with Gasteiger partial charge in [-0.3, -0.25) is 0 Å². The van der Waals surface area contributed by atoms with Crippen LogP contribution in [0.2, 0.25) is 5.02 Å². The van der Waals surface area contributed by atoms with E-state index in [9.17, 15) is 4.39 Å². The minimum atomic E-state index is -0.434. The molecular formula is C19H18ClFN4S. The van der Waals surface area contributed by atoms with Crippen molar-refractivity contribution in [1.29, 1.82) is 0 Å². The Balaban J connectivity index is 1.82. The SMILES string of the molecule is CN(C)C=C1CCCc2c1sc1ncnc(Nc3ccc(F)c(Cl)c3)c21. The Morgan fingerprint density at radius 1 is 1.27 bits per heavy atom. The predicted molar refractivity (Wildman–Crippen MR) is 107 cm³/mol. The Bertz CT molecular complexity index is 1010. The van der Waals surface area contributed by atoms with Gasteiger partial charge in [-0.1, -0.05) is 11.6 Å². The van der Waals surface area contributed by atoms with E-state index in [2.05, 4.69) is 26.4 Å². The number of aryl methyl sites for hydroxylation is 1. The first-order chi connectivity index (χ1) is 12.5. The number of fused-ring (bicyclic) bond motifs is 3. The molecule has 1 aliphatic rings. The number of hydrogen-bond donors (Lipinski definition) is 1. The highest BCUT2D eigenvalue weighted by molar-refractivity contribution is 7.20. The Hall–Kier alpha value is -2.18. The number of thiophene rings is 1. The molecule has 7 heteroatoms. The highest BCUT2D eigenvalue weighted by Gasteiger charge is 2.23. The van der Waals surface area contributed by atoms with Gasteiger partial charge < -0.3 is 10.2 Å². The van der Waals surface area contributed by atoms with Gasteiger partial charge in [-0.25, -0.2) is 14.4 Å². The molecule has 4 nitrogen and oxygen atoms in total. The van der Waals surface area contributed by atoms with Crippen molar-refractivity contribution in [3.8, 4) is 0 Å². The molecule has 0 aliphatic heterocycles. The van der Waals surface area contributed by atoms with Crippen molar-refractivity contribution in [2.45, 2.75) is 19.3 Å². The van der Waals surface area contributed by atoms with Gasteiger partial charge in [0, 0.05) is 30.9 Å². The summed E-state index contributed by atoms with van der Waals surface area (Å²) >= 11 is 7.61. The van der Waals surface area contributed by atoms with Crippen LogP contribution in [0.25, 0.3) is 15.8 Å². The van der Waals surface area contributed by atoms with Crippen LogP contribution in [0, 0.1) is 5.82 Å². The quantitative estimate of drug-likeness (QED) is 0.646. The smallest absolute Gasteiger partial charge is 0.142 e. The van der Waals surface area contributed by atoms with Gasteiger partial charge in [0.1, 0.15) is 22.8 Å². The van der Waals surface area contributed by atoms with Gasteiger partial charge in [0.2, 0.25) is 0 Å². The van der Waals surface area contributed by atoms with Gasteiger partial charge in [-0.05, 0) is 48.6 Å². The fraction of sp³-hybridized carbons (Fsp3) is 0.263. The zero-order valence-corrected chi connectivity index (χ0v) is 16.1. The molecule has 2 heterocycles. The summed E-state index contributed by atoms with van der Waals surface area (Å²) in [6, 6.07) is 4.58. The summed E-state index contributed by atoms with van der Waals surface area (Å²) in [7, 11) is 4.08. The normalized spacial score (nSPS) is 15.3. The third-order valence-corrected chi connectivity index (χ3v) is 5.85. The fourth-order valence-corrected chi connectivity index (χ4v) is 4.71. The number of allylic oxidation sites excluding steroid dienone is 1. The second-order valence-electron chi connectivity index (χ2n) is 6.54. The van der Waals surface area contributed by atoms with E-state index < -0.39 is 5.82 Å². The van der Waals surface area contributed by atoms with Crippen LogP contribution >= 0.6 is 22.9 Å². The van der Waals surface area contributed by atoms with E-state index in [1.54, 1.807) is 29.8 Å². The molecule has 0 amide bonds. The van der Waals surface area contributed by atoms with Crippen LogP contribution in [-0.2, 0) is 6.42 Å². The second kappa shape index (κ2) is 6.85. The monoisotopic (exact) mass is 388 g/mol. The molecule has 0 saturated carbocycles. The molecule has 1 aliphatic carbocycles. The number of rotatable bonds is 3. The van der Waals surface area contributed by atoms with Gasteiger partial charge >= 0.3 is 0 Å². The van der Waals surface area contributed by atoms with E-state index >= 15 is 0 Å². The van der Waals surface area contributed by atoms with Crippen molar-refractivity contribution in [1.82, 2.24) is 14.9 Å². The lowest BCUT2D eigenvalue weighted by Crippen LogP contribution is -2.06. The summed E-state index contributed by atoms with van der Waals surface area (Å²) in [6.45, 7) is 0. The van der Waals surface area contributed by atoms with E-state index in [0.717, 1.165) is 35.3 Å². The van der Waals surface area contributed by atoms with Gasteiger partial charge in [-0.2, -0.15) is 0 Å². The summed E-state index contributed by atoms with van der Waals surface area (Å²) in [4.78, 5) is 13.3. The van der Waals surface area contributed by atoms with Gasteiger partial charge in [0.05, 0.1) is 10.4 Å². The van der Waals surface area contributed by atoms with Crippen molar-refractivity contribution in [2.75, 3.05) is 19.4 Å². The van der Waals surface area contributed by atoms with Crippen LogP contribution in [0.15, 0.2) is 30.7 Å². The van der Waals surface area contributed by atoms with E-state index in [0.29, 0.717) is 5.69 Å². The number of anilines is 2. The predicted octanol–water partition coefficient (Wildman–Crippen LogP) is 5.47. The summed E-state index contributed by atoms with van der Waals surface area (Å²) < 4.78 is 13.4. The molecule has 0 fully saturated rings. The first kappa shape index (κ1) is 17.2. The van der Waals surface area contributed by atoms with Gasteiger partial charge in [0.25, 0.3) is 0 Å². The van der Waals surface area contributed by atoms with Gasteiger partial charge in [-0.15, -0.1) is 11.3 Å². The molecule has 0 unspecified atom stereocenters. The molecular weight excluding hydrogens is 371 g/mol. The molecule has 3 aromatic rings. The number of nitrogens with zero attached hydrogens (tertiary/aromatic N) is 3. The number of halogens is 2. The lowest BCUT2D eigenvalue weighted by molar-refractivity contribution is 0.562.